The predicted molar refractivity (Wildman–Crippen MR) is 172 cm³/mol. The number of amides is 1. The van der Waals surface area contributed by atoms with Gasteiger partial charge in [0, 0.05) is 22.8 Å². The number of halogens is 1. The van der Waals surface area contributed by atoms with Gasteiger partial charge in [0.1, 0.15) is 11.6 Å². The number of benzene rings is 3. The predicted octanol–water partition coefficient (Wildman–Crippen LogP) is 5.82. The van der Waals surface area contributed by atoms with E-state index in [1.165, 1.54) is 23.5 Å². The zero-order valence-corrected chi connectivity index (χ0v) is 25.6. The molecular formula is C35H31FN4O3S. The molecule has 0 spiro atoms. The number of fused-ring (bicyclic) bond motifs is 1. The fourth-order valence-electron chi connectivity index (χ4n) is 5.62. The number of nitrogens with one attached hydrogen (secondary N) is 1. The lowest BCUT2D eigenvalue weighted by Crippen LogP contribution is -2.40. The molecule has 6 rings (SSSR count). The average molecular weight is 607 g/mol. The molecule has 0 unspecified atom stereocenters. The van der Waals surface area contributed by atoms with Crippen molar-refractivity contribution >= 4 is 29.0 Å². The molecule has 1 amide bonds. The Bertz CT molecular complexity index is 2070. The summed E-state index contributed by atoms with van der Waals surface area (Å²) in [5, 5.41) is 2.98. The molecule has 1 atom stereocenters. The molecule has 0 aliphatic carbocycles. The Morgan fingerprint density at radius 2 is 1.73 bits per heavy atom. The topological polar surface area (TPSA) is 77.6 Å². The lowest BCUT2D eigenvalue weighted by molar-refractivity contribution is -0.113. The highest BCUT2D eigenvalue weighted by atomic mass is 32.1. The number of thiazole rings is 1. The minimum absolute atomic E-state index is 0.239. The fourth-order valence-corrected chi connectivity index (χ4v) is 6.66. The van der Waals surface area contributed by atoms with E-state index in [1.54, 1.807) is 23.6 Å². The van der Waals surface area contributed by atoms with Crippen LogP contribution < -0.4 is 24.9 Å². The van der Waals surface area contributed by atoms with Gasteiger partial charge in [0.15, 0.2) is 4.80 Å². The first kappa shape index (κ1) is 29.1. The van der Waals surface area contributed by atoms with Gasteiger partial charge in [-0.2, -0.15) is 0 Å². The van der Waals surface area contributed by atoms with Crippen LogP contribution in [0, 0.1) is 19.7 Å². The molecule has 1 N–H and O–H groups in total. The minimum Gasteiger partial charge on any atom is -0.494 e. The van der Waals surface area contributed by atoms with Crippen LogP contribution in [0.5, 0.6) is 5.75 Å². The van der Waals surface area contributed by atoms with Crippen LogP contribution in [-0.2, 0) is 4.79 Å². The summed E-state index contributed by atoms with van der Waals surface area (Å²) in [4.78, 5) is 33.2. The van der Waals surface area contributed by atoms with E-state index in [0.29, 0.717) is 38.6 Å². The van der Waals surface area contributed by atoms with Crippen molar-refractivity contribution in [2.24, 2.45) is 4.99 Å². The summed E-state index contributed by atoms with van der Waals surface area (Å²) in [6.07, 6.45) is 1.87. The summed E-state index contributed by atoms with van der Waals surface area (Å²) in [5.74, 6) is 0.0800. The third kappa shape index (κ3) is 5.42. The lowest BCUT2D eigenvalue weighted by Gasteiger charge is -2.25. The van der Waals surface area contributed by atoms with E-state index >= 15 is 0 Å². The van der Waals surface area contributed by atoms with Crippen molar-refractivity contribution in [3.8, 4) is 11.4 Å². The normalized spacial score (nSPS) is 14.8. The molecule has 3 heterocycles. The second-order valence-corrected chi connectivity index (χ2v) is 11.6. The molecule has 9 heteroatoms. The van der Waals surface area contributed by atoms with Gasteiger partial charge in [-0.25, -0.2) is 9.38 Å². The first-order valence-corrected chi connectivity index (χ1v) is 15.1. The van der Waals surface area contributed by atoms with E-state index in [9.17, 15) is 14.0 Å². The SMILES string of the molecule is CCOc1ccc([C@@H]2C(C(=O)Nc3ccccc3)=C(C)N=c3s/c(=C\c4cc(C)n(-c5ccc(F)cc5)c4C)c(=O)n32)cc1. The molecule has 44 heavy (non-hydrogen) atoms. The van der Waals surface area contributed by atoms with E-state index < -0.39 is 6.04 Å². The number of anilines is 1. The van der Waals surface area contributed by atoms with Crippen molar-refractivity contribution in [2.75, 3.05) is 11.9 Å². The molecule has 0 bridgehead atoms. The van der Waals surface area contributed by atoms with E-state index in [1.807, 2.05) is 92.1 Å². The Hall–Kier alpha value is -5.02. The summed E-state index contributed by atoms with van der Waals surface area (Å²) in [6, 6.07) is 24.3. The highest BCUT2D eigenvalue weighted by Gasteiger charge is 2.32. The molecule has 0 fully saturated rings. The molecule has 1 aliphatic rings. The number of aromatic nitrogens is 2. The summed E-state index contributed by atoms with van der Waals surface area (Å²) >= 11 is 1.29. The van der Waals surface area contributed by atoms with Crippen LogP contribution >= 0.6 is 11.3 Å². The molecule has 0 radical (unpaired) electrons. The number of para-hydroxylation sites is 1. The number of carbonyl (C=O) groups is 1. The molecule has 222 valence electrons. The zero-order chi connectivity index (χ0) is 31.0. The van der Waals surface area contributed by atoms with Gasteiger partial charge in [0.2, 0.25) is 0 Å². The van der Waals surface area contributed by atoms with Crippen LogP contribution in [0.3, 0.4) is 0 Å². The molecular weight excluding hydrogens is 575 g/mol. The number of aryl methyl sites for hydroxylation is 1. The van der Waals surface area contributed by atoms with Gasteiger partial charge in [-0.15, -0.1) is 0 Å². The van der Waals surface area contributed by atoms with E-state index in [2.05, 4.69) is 5.32 Å². The van der Waals surface area contributed by atoms with Gasteiger partial charge in [-0.3, -0.25) is 14.2 Å². The third-order valence-electron chi connectivity index (χ3n) is 7.65. The third-order valence-corrected chi connectivity index (χ3v) is 8.63. The summed E-state index contributed by atoms with van der Waals surface area (Å²) in [6.45, 7) is 8.19. The average Bonchev–Trinajstić information content (AvgIpc) is 3.47. The van der Waals surface area contributed by atoms with Crippen LogP contribution in [0.1, 0.15) is 42.4 Å². The number of nitrogens with zero attached hydrogens (tertiary/aromatic N) is 3. The second-order valence-electron chi connectivity index (χ2n) is 10.5. The van der Waals surface area contributed by atoms with Gasteiger partial charge in [0.25, 0.3) is 11.5 Å². The molecule has 7 nitrogen and oxygen atoms in total. The van der Waals surface area contributed by atoms with Gasteiger partial charge < -0.3 is 14.6 Å². The Morgan fingerprint density at radius 3 is 2.41 bits per heavy atom. The monoisotopic (exact) mass is 606 g/mol. The largest absolute Gasteiger partial charge is 0.494 e. The number of allylic oxidation sites excluding steroid dienone is 1. The molecule has 2 aromatic heterocycles. The van der Waals surface area contributed by atoms with E-state index in [-0.39, 0.29) is 17.3 Å². The van der Waals surface area contributed by atoms with Crippen molar-refractivity contribution in [3.63, 3.8) is 0 Å². The smallest absolute Gasteiger partial charge is 0.271 e. The lowest BCUT2D eigenvalue weighted by atomic mass is 9.95. The maximum Gasteiger partial charge on any atom is 0.271 e. The summed E-state index contributed by atoms with van der Waals surface area (Å²) < 4.78 is 23.4. The Labute approximate surface area is 257 Å². The molecule has 1 aliphatic heterocycles. The minimum atomic E-state index is -0.695. The highest BCUT2D eigenvalue weighted by molar-refractivity contribution is 7.07. The molecule has 0 saturated heterocycles. The van der Waals surface area contributed by atoms with Crippen LogP contribution in [0.25, 0.3) is 11.8 Å². The Balaban J connectivity index is 1.48. The van der Waals surface area contributed by atoms with Crippen LogP contribution in [0.2, 0.25) is 0 Å². The first-order valence-electron chi connectivity index (χ1n) is 14.3. The van der Waals surface area contributed by atoms with Crippen LogP contribution in [0.4, 0.5) is 10.1 Å². The number of hydrogen-bond donors (Lipinski definition) is 1. The van der Waals surface area contributed by atoms with Crippen LogP contribution in [0.15, 0.2) is 106 Å². The highest BCUT2D eigenvalue weighted by Crippen LogP contribution is 2.32. The van der Waals surface area contributed by atoms with Gasteiger partial charge in [-0.1, -0.05) is 41.7 Å². The molecule has 5 aromatic rings. The molecule has 0 saturated carbocycles. The van der Waals surface area contributed by atoms with E-state index in [0.717, 1.165) is 28.2 Å². The Kier molecular flexibility index (Phi) is 7.88. The van der Waals surface area contributed by atoms with Gasteiger partial charge in [0.05, 0.1) is 28.5 Å². The summed E-state index contributed by atoms with van der Waals surface area (Å²) in [5.41, 5.74) is 5.69. The first-order chi connectivity index (χ1) is 21.2. The van der Waals surface area contributed by atoms with Crippen molar-refractivity contribution in [3.05, 3.63) is 144 Å². The van der Waals surface area contributed by atoms with Gasteiger partial charge >= 0.3 is 0 Å². The molecule has 3 aromatic carbocycles. The number of carbonyl (C=O) groups excluding carboxylic acids is 1. The quantitative estimate of drug-likeness (QED) is 0.254. The van der Waals surface area contributed by atoms with Gasteiger partial charge in [-0.05, 0) is 99.5 Å². The maximum atomic E-state index is 14.2. The fraction of sp³-hybridized carbons (Fsp3) is 0.171. The Morgan fingerprint density at radius 1 is 1.02 bits per heavy atom. The van der Waals surface area contributed by atoms with Crippen molar-refractivity contribution in [1.82, 2.24) is 9.13 Å². The van der Waals surface area contributed by atoms with Crippen molar-refractivity contribution < 1.29 is 13.9 Å². The van der Waals surface area contributed by atoms with Crippen molar-refractivity contribution in [1.29, 1.82) is 0 Å². The number of ether oxygens (including phenoxy) is 1. The van der Waals surface area contributed by atoms with Crippen LogP contribution in [-0.4, -0.2) is 21.6 Å². The van der Waals surface area contributed by atoms with E-state index in [4.69, 9.17) is 9.73 Å². The van der Waals surface area contributed by atoms with Crippen molar-refractivity contribution in [2.45, 2.75) is 33.7 Å². The summed E-state index contributed by atoms with van der Waals surface area (Å²) in [7, 11) is 0. The zero-order valence-electron chi connectivity index (χ0n) is 24.8. The second kappa shape index (κ2) is 11.9. The number of hydrogen-bond acceptors (Lipinski definition) is 5. The number of rotatable bonds is 7. The maximum absolute atomic E-state index is 14.2. The standard InChI is InChI=1S/C35H31FN4O3S/c1-5-43-29-17-11-24(12-18-29)32-31(33(41)38-27-9-7-6-8-10-27)22(3)37-35-40(32)34(42)30(44-35)20-25-19-21(2)39(23(25)4)28-15-13-26(36)14-16-28/h6-20,32H,5H2,1-4H3,(H,38,41)/b30-20-/t32-/m1/s1.